The van der Waals surface area contributed by atoms with E-state index in [1.165, 1.54) is 0 Å². The van der Waals surface area contributed by atoms with Crippen LogP contribution >= 0.6 is 0 Å². The summed E-state index contributed by atoms with van der Waals surface area (Å²) >= 11 is 0. The van der Waals surface area contributed by atoms with E-state index < -0.39 is 79.3 Å². The van der Waals surface area contributed by atoms with Gasteiger partial charge in [-0.3, -0.25) is 14.4 Å². The molecule has 0 aromatic carbocycles. The molecule has 5 unspecified atom stereocenters. The number of rotatable bonds is 15. The third-order valence-corrected chi connectivity index (χ3v) is 7.59. The van der Waals surface area contributed by atoms with Crippen molar-refractivity contribution in [2.24, 2.45) is 27.9 Å². The van der Waals surface area contributed by atoms with E-state index in [2.05, 4.69) is 31.6 Å². The summed E-state index contributed by atoms with van der Waals surface area (Å²) in [6.45, 7) is 0.198. The van der Waals surface area contributed by atoms with E-state index in [-0.39, 0.29) is 37.3 Å². The Balaban J connectivity index is 1.59. The molecule has 44 heavy (non-hydrogen) atoms. The predicted octanol–water partition coefficient (Wildman–Crippen LogP) is -6.14. The number of amides is 4. The molecule has 4 amide bonds. The molecule has 0 aromatic heterocycles. The Labute approximate surface area is 254 Å². The van der Waals surface area contributed by atoms with Crippen molar-refractivity contribution in [3.05, 3.63) is 0 Å². The molecule has 250 valence electrons. The highest BCUT2D eigenvalue weighted by molar-refractivity contribution is 5.92. The van der Waals surface area contributed by atoms with Crippen LogP contribution in [0.2, 0.25) is 0 Å². The molecule has 0 radical (unpaired) electrons. The molecule has 0 spiro atoms. The largest absolute Gasteiger partial charge is 0.441 e. The van der Waals surface area contributed by atoms with Gasteiger partial charge in [-0.15, -0.1) is 0 Å². The Morgan fingerprint density at radius 2 is 1.80 bits per heavy atom. The van der Waals surface area contributed by atoms with Gasteiger partial charge in [0.15, 0.2) is 24.3 Å². The van der Waals surface area contributed by atoms with Crippen LogP contribution in [-0.4, -0.2) is 132 Å². The maximum absolute atomic E-state index is 13.0. The second kappa shape index (κ2) is 16.7. The highest BCUT2D eigenvalue weighted by atomic mass is 16.6. The van der Waals surface area contributed by atoms with Crippen LogP contribution in [0.15, 0.2) is 4.99 Å². The van der Waals surface area contributed by atoms with Crippen LogP contribution in [0.25, 0.3) is 0 Å². The molecule has 3 heterocycles. The van der Waals surface area contributed by atoms with Crippen LogP contribution in [0.5, 0.6) is 0 Å². The van der Waals surface area contributed by atoms with Crippen molar-refractivity contribution < 1.29 is 44.0 Å². The number of carbonyl (C=O) groups excluding carboxylic acids is 4. The number of nitrogens with two attached hydrogens (primary N) is 4. The van der Waals surface area contributed by atoms with Gasteiger partial charge in [-0.05, 0) is 32.2 Å². The predicted molar refractivity (Wildman–Crippen MR) is 154 cm³/mol. The van der Waals surface area contributed by atoms with Crippen LogP contribution in [-0.2, 0) is 23.9 Å². The number of aliphatic imine (C=N–C) groups is 1. The number of aliphatic hydroxyl groups is 3. The van der Waals surface area contributed by atoms with Gasteiger partial charge in [0.05, 0.1) is 18.8 Å². The summed E-state index contributed by atoms with van der Waals surface area (Å²) in [5.74, 6) is -1.14. The van der Waals surface area contributed by atoms with Gasteiger partial charge in [0, 0.05) is 38.0 Å². The zero-order chi connectivity index (χ0) is 32.4. The van der Waals surface area contributed by atoms with Crippen LogP contribution < -0.4 is 49.5 Å². The highest BCUT2D eigenvalue weighted by Gasteiger charge is 2.50. The Bertz CT molecular complexity index is 1040. The summed E-state index contributed by atoms with van der Waals surface area (Å²) in [5, 5.41) is 44.5. The minimum atomic E-state index is -1.58. The molecule has 3 aliphatic rings. The van der Waals surface area contributed by atoms with E-state index in [0.29, 0.717) is 32.4 Å². The number of fused-ring (bicyclic) bond motifs is 1. The van der Waals surface area contributed by atoms with E-state index >= 15 is 0 Å². The first-order valence-electron chi connectivity index (χ1n) is 14.7. The van der Waals surface area contributed by atoms with E-state index in [4.69, 9.17) is 32.4 Å². The van der Waals surface area contributed by atoms with Gasteiger partial charge in [0.2, 0.25) is 17.7 Å². The number of primary amides is 1. The van der Waals surface area contributed by atoms with Crippen molar-refractivity contribution in [3.63, 3.8) is 0 Å². The number of ether oxygens (including phenoxy) is 2. The fourth-order valence-electron chi connectivity index (χ4n) is 5.30. The van der Waals surface area contributed by atoms with Gasteiger partial charge in [-0.1, -0.05) is 0 Å². The van der Waals surface area contributed by atoms with Gasteiger partial charge < -0.3 is 74.3 Å². The number of hydrogen-bond donors (Lipinski definition) is 12. The lowest BCUT2D eigenvalue weighted by Gasteiger charge is -2.44. The fraction of sp³-hybridized carbons (Fsp3) is 0.800. The van der Waals surface area contributed by atoms with Crippen molar-refractivity contribution in [1.29, 1.82) is 0 Å². The summed E-state index contributed by atoms with van der Waals surface area (Å²) in [6, 6.07) is -3.80. The number of carbonyl (C=O) groups is 4. The van der Waals surface area contributed by atoms with Crippen molar-refractivity contribution in [2.75, 3.05) is 26.2 Å². The van der Waals surface area contributed by atoms with Crippen LogP contribution in [0.4, 0.5) is 4.79 Å². The zero-order valence-corrected chi connectivity index (χ0v) is 24.4. The summed E-state index contributed by atoms with van der Waals surface area (Å²) in [4.78, 5) is 53.2. The molecule has 16 N–H and O–H groups in total. The van der Waals surface area contributed by atoms with E-state index in [9.17, 15) is 34.5 Å². The lowest BCUT2D eigenvalue weighted by Crippen LogP contribution is -2.70. The number of nitrogens with one attached hydrogen (secondary N) is 5. The molecule has 0 bridgehead atoms. The van der Waals surface area contributed by atoms with E-state index in [1.807, 2.05) is 0 Å². The molecular formula is C25H46N10O9. The molecule has 19 nitrogen and oxygen atoms in total. The number of piperidine rings is 1. The second-order valence-electron chi connectivity index (χ2n) is 11.2. The molecule has 2 saturated heterocycles. The first kappa shape index (κ1) is 35.2. The molecule has 19 heteroatoms. The Morgan fingerprint density at radius 1 is 1.11 bits per heavy atom. The quantitative estimate of drug-likeness (QED) is 0.0749. The SMILES string of the molecule is NCCCC(N)CC(=O)NCCCC(N)CC(=O)N[C@@H]1[C@H](OC(N)=O)[C@@H](O)[C@@H](CO)O[C@H]1NC1=NC2C(=O)NCC(O)C2N1. The fourth-order valence-corrected chi connectivity index (χ4v) is 5.30. The summed E-state index contributed by atoms with van der Waals surface area (Å²) in [7, 11) is 0. The molecule has 0 saturated carbocycles. The monoisotopic (exact) mass is 630 g/mol. The van der Waals surface area contributed by atoms with Crippen molar-refractivity contribution in [2.45, 2.75) is 99.4 Å². The third-order valence-electron chi connectivity index (χ3n) is 7.59. The summed E-state index contributed by atoms with van der Waals surface area (Å²) < 4.78 is 10.9. The Hall–Kier alpha value is -3.33. The minimum absolute atomic E-state index is 0.0255. The average molecular weight is 631 g/mol. The number of aliphatic hydroxyl groups excluding tert-OH is 3. The van der Waals surface area contributed by atoms with Crippen molar-refractivity contribution in [3.8, 4) is 0 Å². The van der Waals surface area contributed by atoms with Crippen molar-refractivity contribution in [1.82, 2.24) is 26.6 Å². The third kappa shape index (κ3) is 9.84. The maximum atomic E-state index is 13.0. The first-order valence-corrected chi connectivity index (χ1v) is 14.7. The Kier molecular flexibility index (Phi) is 13.3. The smallest absolute Gasteiger partial charge is 0.404 e. The second-order valence-corrected chi connectivity index (χ2v) is 11.2. The zero-order valence-electron chi connectivity index (χ0n) is 24.4. The molecule has 10 atom stereocenters. The standard InChI is InChI=1S/C25H46N10O9/c26-5-1-3-11(27)7-15(38)30-6-2-4-12(28)8-16(39)32-19-21(44-24(29)42)20(40)14(10-36)43-23(19)35-25-33-17-13(37)9-31-22(41)18(17)34-25/h11-14,17-21,23,36-37,40H,1-10,26-28H2,(H2,29,42)(H,30,38)(H,31,41)(H,32,39)(H2,33,34,35)/t11?,12?,13?,14-,17?,18?,19-,20+,21+,23-/m1/s1. The lowest BCUT2D eigenvalue weighted by molar-refractivity contribution is -0.198. The number of guanidine groups is 1. The van der Waals surface area contributed by atoms with Gasteiger partial charge in [-0.25, -0.2) is 9.79 Å². The van der Waals surface area contributed by atoms with E-state index in [0.717, 1.165) is 6.42 Å². The van der Waals surface area contributed by atoms with Crippen LogP contribution in [0.1, 0.15) is 38.5 Å². The van der Waals surface area contributed by atoms with Gasteiger partial charge in [-0.2, -0.15) is 0 Å². The lowest BCUT2D eigenvalue weighted by atomic mass is 9.95. The molecule has 3 rings (SSSR count). The number of β-amino-alcohol motifs (C(OH)–C–C–N with tert-alkyl or cyclic N) is 1. The van der Waals surface area contributed by atoms with Crippen molar-refractivity contribution >= 4 is 29.8 Å². The highest BCUT2D eigenvalue weighted by Crippen LogP contribution is 2.24. The average Bonchev–Trinajstić information content (AvgIpc) is 3.40. The number of nitrogens with zero attached hydrogens (tertiary/aromatic N) is 1. The molecular weight excluding hydrogens is 584 g/mol. The Morgan fingerprint density at radius 3 is 2.43 bits per heavy atom. The van der Waals surface area contributed by atoms with Crippen LogP contribution in [0.3, 0.4) is 0 Å². The topological polar surface area (TPSA) is 324 Å². The number of hydrogen-bond acceptors (Lipinski definition) is 15. The van der Waals surface area contributed by atoms with E-state index in [1.54, 1.807) is 0 Å². The van der Waals surface area contributed by atoms with Gasteiger partial charge in [0.1, 0.15) is 18.2 Å². The maximum Gasteiger partial charge on any atom is 0.404 e. The molecule has 0 aliphatic carbocycles. The normalized spacial score (nSPS) is 31.0. The molecule has 2 fully saturated rings. The van der Waals surface area contributed by atoms with Gasteiger partial charge >= 0.3 is 6.09 Å². The summed E-state index contributed by atoms with van der Waals surface area (Å²) in [5.41, 5.74) is 22.7. The minimum Gasteiger partial charge on any atom is -0.441 e. The van der Waals surface area contributed by atoms with Crippen LogP contribution in [0, 0.1) is 0 Å². The molecule has 3 aliphatic heterocycles. The summed E-state index contributed by atoms with van der Waals surface area (Å²) in [6.07, 6.45) is -5.43. The molecule has 0 aromatic rings. The first-order chi connectivity index (χ1) is 20.9. The van der Waals surface area contributed by atoms with Gasteiger partial charge in [0.25, 0.3) is 0 Å².